The Balaban J connectivity index is 1.74. The van der Waals surface area contributed by atoms with E-state index in [0.29, 0.717) is 23.2 Å². The number of amides is 2. The number of benzene rings is 2. The number of anilines is 1. The van der Waals surface area contributed by atoms with Crippen molar-refractivity contribution in [3.63, 3.8) is 0 Å². The van der Waals surface area contributed by atoms with Gasteiger partial charge in [0.25, 0.3) is 11.8 Å². The summed E-state index contributed by atoms with van der Waals surface area (Å²) in [5.41, 5.74) is 4.89. The van der Waals surface area contributed by atoms with Crippen LogP contribution >= 0.6 is 11.6 Å². The number of rotatable bonds is 7. The summed E-state index contributed by atoms with van der Waals surface area (Å²) >= 11 is 6.23. The van der Waals surface area contributed by atoms with Crippen molar-refractivity contribution in [3.8, 4) is 5.69 Å². The van der Waals surface area contributed by atoms with Crippen molar-refractivity contribution >= 4 is 35.1 Å². The highest BCUT2D eigenvalue weighted by Gasteiger charge is 2.16. The Kier molecular flexibility index (Phi) is 7.73. The van der Waals surface area contributed by atoms with Gasteiger partial charge in [0.2, 0.25) is 0 Å². The molecule has 0 radical (unpaired) electrons. The van der Waals surface area contributed by atoms with E-state index >= 15 is 0 Å². The number of aryl methyl sites for hydroxylation is 1. The molecule has 0 aliphatic carbocycles. The molecule has 178 valence electrons. The number of esters is 1. The molecule has 3 rings (SSSR count). The van der Waals surface area contributed by atoms with E-state index < -0.39 is 0 Å². The zero-order valence-electron chi connectivity index (χ0n) is 19.8. The van der Waals surface area contributed by atoms with E-state index in [-0.39, 0.29) is 29.2 Å². The number of hydrogen-bond acceptors (Lipinski definition) is 5. The molecule has 2 amide bonds. The number of nitrogens with zero attached hydrogens (tertiary/aromatic N) is 3. The number of hydrogen-bond donors (Lipinski definition) is 1. The second-order valence-corrected chi connectivity index (χ2v) is 8.44. The zero-order chi connectivity index (χ0) is 25.0. The fourth-order valence-electron chi connectivity index (χ4n) is 3.58. The van der Waals surface area contributed by atoms with Crippen molar-refractivity contribution in [1.29, 1.82) is 0 Å². The van der Waals surface area contributed by atoms with E-state index in [2.05, 4.69) is 10.4 Å². The Morgan fingerprint density at radius 1 is 1.09 bits per heavy atom. The Morgan fingerprint density at radius 2 is 1.76 bits per heavy atom. The predicted octanol–water partition coefficient (Wildman–Crippen LogP) is 4.20. The van der Waals surface area contributed by atoms with Crippen LogP contribution in [0.3, 0.4) is 0 Å². The van der Waals surface area contributed by atoms with Crippen LogP contribution in [-0.2, 0) is 16.0 Å². The Hall–Kier alpha value is -3.65. The Labute approximate surface area is 203 Å². The third kappa shape index (κ3) is 5.46. The monoisotopic (exact) mass is 482 g/mol. The maximum absolute atomic E-state index is 12.7. The normalized spacial score (nSPS) is 10.6. The average molecular weight is 483 g/mol. The lowest BCUT2D eigenvalue weighted by Gasteiger charge is -2.13. The van der Waals surface area contributed by atoms with Gasteiger partial charge in [0.15, 0.2) is 0 Å². The number of aromatic nitrogens is 2. The molecule has 9 heteroatoms. The van der Waals surface area contributed by atoms with Crippen LogP contribution in [0.1, 0.15) is 44.1 Å². The first-order valence-corrected chi connectivity index (χ1v) is 11.0. The lowest BCUT2D eigenvalue weighted by molar-refractivity contribution is -0.140. The number of carbonyl (C=O) groups excluding carboxylic acids is 3. The first kappa shape index (κ1) is 25.0. The molecule has 0 bridgehead atoms. The van der Waals surface area contributed by atoms with Crippen molar-refractivity contribution in [2.24, 2.45) is 0 Å². The third-order valence-corrected chi connectivity index (χ3v) is 5.80. The van der Waals surface area contributed by atoms with Gasteiger partial charge in [-0.25, -0.2) is 4.68 Å². The summed E-state index contributed by atoms with van der Waals surface area (Å²) in [6.45, 7) is 3.85. The molecule has 34 heavy (non-hydrogen) atoms. The van der Waals surface area contributed by atoms with E-state index in [4.69, 9.17) is 16.3 Å². The largest absolute Gasteiger partial charge is 0.469 e. The number of ether oxygens (including phenoxy) is 1. The molecule has 0 unspecified atom stereocenters. The number of carbonyl (C=O) groups is 3. The summed E-state index contributed by atoms with van der Waals surface area (Å²) in [4.78, 5) is 37.8. The molecule has 1 N–H and O–H groups in total. The molecule has 1 heterocycles. The Bertz CT molecular complexity index is 1230. The molecule has 3 aromatic rings. The van der Waals surface area contributed by atoms with Crippen molar-refractivity contribution in [1.82, 2.24) is 14.7 Å². The predicted molar refractivity (Wildman–Crippen MR) is 131 cm³/mol. The minimum atomic E-state index is -0.304. The van der Waals surface area contributed by atoms with Gasteiger partial charge in [-0.15, -0.1) is 0 Å². The third-order valence-electron chi connectivity index (χ3n) is 5.49. The highest BCUT2D eigenvalue weighted by atomic mass is 35.5. The van der Waals surface area contributed by atoms with Crippen LogP contribution in [0.15, 0.2) is 42.5 Å². The van der Waals surface area contributed by atoms with E-state index in [1.54, 1.807) is 49.1 Å². The van der Waals surface area contributed by atoms with Crippen LogP contribution in [0.25, 0.3) is 5.69 Å². The highest BCUT2D eigenvalue weighted by molar-refractivity contribution is 6.34. The SMILES string of the molecule is COC(=O)CCc1c(C)nn(-c2ccc(C(=O)Nc3ccc(C(=O)N(C)C)c(Cl)c3)cc2)c1C. The van der Waals surface area contributed by atoms with E-state index in [9.17, 15) is 14.4 Å². The van der Waals surface area contributed by atoms with Crippen LogP contribution in [-0.4, -0.2) is 53.7 Å². The van der Waals surface area contributed by atoms with Gasteiger partial charge in [0.05, 0.1) is 29.1 Å². The van der Waals surface area contributed by atoms with Crippen LogP contribution in [0.2, 0.25) is 5.02 Å². The minimum absolute atomic E-state index is 0.212. The van der Waals surface area contributed by atoms with Crippen LogP contribution in [0.4, 0.5) is 5.69 Å². The molecule has 0 fully saturated rings. The quantitative estimate of drug-likeness (QED) is 0.509. The molecule has 0 saturated carbocycles. The maximum atomic E-state index is 12.7. The maximum Gasteiger partial charge on any atom is 0.305 e. The van der Waals surface area contributed by atoms with Crippen LogP contribution in [0, 0.1) is 13.8 Å². The van der Waals surface area contributed by atoms with Gasteiger partial charge in [-0.1, -0.05) is 11.6 Å². The van der Waals surface area contributed by atoms with Gasteiger partial charge in [-0.2, -0.15) is 5.10 Å². The van der Waals surface area contributed by atoms with Gasteiger partial charge in [-0.3, -0.25) is 14.4 Å². The summed E-state index contributed by atoms with van der Waals surface area (Å²) in [5.74, 6) is -0.778. The highest BCUT2D eigenvalue weighted by Crippen LogP contribution is 2.23. The van der Waals surface area contributed by atoms with Crippen molar-refractivity contribution in [3.05, 3.63) is 75.6 Å². The molecule has 0 atom stereocenters. The van der Waals surface area contributed by atoms with Crippen molar-refractivity contribution in [2.45, 2.75) is 26.7 Å². The summed E-state index contributed by atoms with van der Waals surface area (Å²) in [7, 11) is 4.67. The van der Waals surface area contributed by atoms with Gasteiger partial charge in [-0.05, 0) is 68.3 Å². The standard InChI is InChI=1S/C25H27ClN4O4/c1-15-20(12-13-23(31)34-5)16(2)30(28-15)19-9-6-17(7-10-19)24(32)27-18-8-11-21(22(26)14-18)25(33)29(3)4/h6-11,14H,12-13H2,1-5H3,(H,27,32). The summed E-state index contributed by atoms with van der Waals surface area (Å²) in [6, 6.07) is 11.8. The molecule has 0 aliphatic heterocycles. The Morgan fingerprint density at radius 3 is 2.35 bits per heavy atom. The zero-order valence-corrected chi connectivity index (χ0v) is 20.6. The molecular weight excluding hydrogens is 456 g/mol. The second kappa shape index (κ2) is 10.5. The smallest absolute Gasteiger partial charge is 0.305 e. The summed E-state index contributed by atoms with van der Waals surface area (Å²) in [5, 5.41) is 7.65. The molecular formula is C25H27ClN4O4. The van der Waals surface area contributed by atoms with Gasteiger partial charge in [0.1, 0.15) is 0 Å². The molecule has 0 spiro atoms. The van der Waals surface area contributed by atoms with Crippen molar-refractivity contribution in [2.75, 3.05) is 26.5 Å². The summed E-state index contributed by atoms with van der Waals surface area (Å²) < 4.78 is 6.52. The summed E-state index contributed by atoms with van der Waals surface area (Å²) in [6.07, 6.45) is 0.837. The van der Waals surface area contributed by atoms with Crippen molar-refractivity contribution < 1.29 is 19.1 Å². The average Bonchev–Trinajstić information content (AvgIpc) is 3.10. The van der Waals surface area contributed by atoms with E-state index in [0.717, 1.165) is 22.6 Å². The number of nitrogens with one attached hydrogen (secondary N) is 1. The minimum Gasteiger partial charge on any atom is -0.469 e. The van der Waals surface area contributed by atoms with E-state index in [1.807, 2.05) is 26.0 Å². The van der Waals surface area contributed by atoms with Gasteiger partial charge < -0.3 is 15.0 Å². The van der Waals surface area contributed by atoms with Gasteiger partial charge >= 0.3 is 5.97 Å². The number of methoxy groups -OCH3 is 1. The van der Waals surface area contributed by atoms with Crippen LogP contribution in [0.5, 0.6) is 0 Å². The van der Waals surface area contributed by atoms with E-state index in [1.165, 1.54) is 12.0 Å². The molecule has 0 saturated heterocycles. The lowest BCUT2D eigenvalue weighted by atomic mass is 10.1. The fraction of sp³-hybridized carbons (Fsp3) is 0.280. The molecule has 0 aliphatic rings. The number of halogens is 1. The first-order chi connectivity index (χ1) is 16.1. The fourth-order valence-corrected chi connectivity index (χ4v) is 3.84. The molecule has 2 aromatic carbocycles. The molecule has 1 aromatic heterocycles. The second-order valence-electron chi connectivity index (χ2n) is 8.03. The lowest BCUT2D eigenvalue weighted by Crippen LogP contribution is -2.22. The van der Waals surface area contributed by atoms with Gasteiger partial charge in [0, 0.05) is 37.5 Å². The topological polar surface area (TPSA) is 93.5 Å². The molecule has 8 nitrogen and oxygen atoms in total. The van der Waals surface area contributed by atoms with Crippen LogP contribution < -0.4 is 5.32 Å². The first-order valence-electron chi connectivity index (χ1n) is 10.7.